The summed E-state index contributed by atoms with van der Waals surface area (Å²) < 4.78 is 18.7. The van der Waals surface area contributed by atoms with Gasteiger partial charge in [0.25, 0.3) is 0 Å². The molecule has 1 heterocycles. The number of hydrogen-bond donors (Lipinski definition) is 1. The van der Waals surface area contributed by atoms with Gasteiger partial charge in [-0.25, -0.2) is 4.39 Å². The molecule has 1 N–H and O–H groups in total. The van der Waals surface area contributed by atoms with E-state index in [2.05, 4.69) is 15.7 Å². The molecule has 1 aliphatic rings. The van der Waals surface area contributed by atoms with Crippen molar-refractivity contribution in [1.29, 1.82) is 0 Å². The smallest absolute Gasteiger partial charge is 0.125 e. The van der Waals surface area contributed by atoms with Gasteiger partial charge in [0.15, 0.2) is 0 Å². The van der Waals surface area contributed by atoms with E-state index in [4.69, 9.17) is 11.2 Å². The maximum Gasteiger partial charge on any atom is 0.125 e. The van der Waals surface area contributed by atoms with Crippen molar-refractivity contribution in [3.8, 4) is 12.3 Å². The first-order valence-electron chi connectivity index (χ1n) is 8.48. The Morgan fingerprint density at radius 1 is 1.23 bits per heavy atom. The molecule has 0 bridgehead atoms. The van der Waals surface area contributed by atoms with Crippen LogP contribution in [0.3, 0.4) is 0 Å². The second kappa shape index (κ2) is 11.6. The van der Waals surface area contributed by atoms with Crippen LogP contribution in [0.5, 0.6) is 0 Å². The SMILES string of the molecule is C#CC(C)(CC)OCC(O)CN1CCN(c2ccc(F)cc2)CC1.Cl.Cl. The quantitative estimate of drug-likeness (QED) is 0.706. The van der Waals surface area contributed by atoms with Gasteiger partial charge in [-0.05, 0) is 37.6 Å². The van der Waals surface area contributed by atoms with E-state index in [9.17, 15) is 9.50 Å². The molecular formula is C19H29Cl2FN2O2. The summed E-state index contributed by atoms with van der Waals surface area (Å²) >= 11 is 0. The molecule has 0 spiro atoms. The third kappa shape index (κ3) is 7.30. The van der Waals surface area contributed by atoms with E-state index in [0.717, 1.165) is 31.9 Å². The summed E-state index contributed by atoms with van der Waals surface area (Å²) in [7, 11) is 0. The van der Waals surface area contributed by atoms with Crippen LogP contribution in [0.4, 0.5) is 10.1 Å². The number of piperazine rings is 1. The van der Waals surface area contributed by atoms with Gasteiger partial charge in [-0.3, -0.25) is 4.90 Å². The van der Waals surface area contributed by atoms with Crippen molar-refractivity contribution in [3.05, 3.63) is 30.1 Å². The normalized spacial score (nSPS) is 18.0. The largest absolute Gasteiger partial charge is 0.389 e. The van der Waals surface area contributed by atoms with Crippen LogP contribution in [0.15, 0.2) is 24.3 Å². The monoisotopic (exact) mass is 406 g/mol. The fraction of sp³-hybridized carbons (Fsp3) is 0.579. The summed E-state index contributed by atoms with van der Waals surface area (Å²) in [6.07, 6.45) is 5.63. The summed E-state index contributed by atoms with van der Waals surface area (Å²) in [6, 6.07) is 6.58. The van der Waals surface area contributed by atoms with E-state index in [1.165, 1.54) is 12.1 Å². The van der Waals surface area contributed by atoms with Gasteiger partial charge in [0.2, 0.25) is 0 Å². The van der Waals surface area contributed by atoms with E-state index in [1.807, 2.05) is 13.8 Å². The lowest BCUT2D eigenvalue weighted by Crippen LogP contribution is -2.49. The zero-order chi connectivity index (χ0) is 17.6. The molecule has 148 valence electrons. The molecule has 2 unspecified atom stereocenters. The van der Waals surface area contributed by atoms with Gasteiger partial charge in [-0.2, -0.15) is 0 Å². The maximum absolute atomic E-state index is 13.0. The van der Waals surface area contributed by atoms with Gasteiger partial charge in [0.05, 0.1) is 12.7 Å². The molecule has 1 aromatic carbocycles. The van der Waals surface area contributed by atoms with Crippen LogP contribution in [0.25, 0.3) is 0 Å². The maximum atomic E-state index is 13.0. The second-order valence-corrected chi connectivity index (χ2v) is 6.46. The molecule has 0 amide bonds. The van der Waals surface area contributed by atoms with Crippen molar-refractivity contribution < 1.29 is 14.2 Å². The van der Waals surface area contributed by atoms with Crippen molar-refractivity contribution in [2.45, 2.75) is 32.0 Å². The highest BCUT2D eigenvalue weighted by molar-refractivity contribution is 5.85. The molecule has 1 aliphatic heterocycles. The minimum absolute atomic E-state index is 0. The number of terminal acetylenes is 1. The van der Waals surface area contributed by atoms with Gasteiger partial charge < -0.3 is 14.7 Å². The topological polar surface area (TPSA) is 35.9 Å². The second-order valence-electron chi connectivity index (χ2n) is 6.46. The standard InChI is InChI=1S/C19H27FN2O2.2ClH/c1-4-19(3,5-2)24-15-18(23)14-21-10-12-22(13-11-21)17-8-6-16(20)7-9-17;;/h1,6-9,18,23H,5,10-15H2,2-3H3;2*1H. The van der Waals surface area contributed by atoms with Crippen molar-refractivity contribution >= 4 is 30.5 Å². The van der Waals surface area contributed by atoms with Gasteiger partial charge in [0, 0.05) is 38.4 Å². The van der Waals surface area contributed by atoms with Crippen molar-refractivity contribution in [2.24, 2.45) is 0 Å². The lowest BCUT2D eigenvalue weighted by atomic mass is 10.1. The highest BCUT2D eigenvalue weighted by atomic mass is 35.5. The highest BCUT2D eigenvalue weighted by Gasteiger charge is 2.23. The Hall–Kier alpha value is -1.03. The number of anilines is 1. The van der Waals surface area contributed by atoms with Gasteiger partial charge in [0.1, 0.15) is 11.4 Å². The summed E-state index contributed by atoms with van der Waals surface area (Å²) in [5.41, 5.74) is 0.426. The molecule has 1 fully saturated rings. The van der Waals surface area contributed by atoms with Crippen molar-refractivity contribution in [2.75, 3.05) is 44.2 Å². The van der Waals surface area contributed by atoms with Crippen LogP contribution in [0.2, 0.25) is 0 Å². The summed E-state index contributed by atoms with van der Waals surface area (Å²) in [5.74, 6) is 2.42. The molecule has 0 aromatic heterocycles. The van der Waals surface area contributed by atoms with E-state index in [1.54, 1.807) is 12.1 Å². The molecular weight excluding hydrogens is 378 g/mol. The Morgan fingerprint density at radius 3 is 2.31 bits per heavy atom. The number of aliphatic hydroxyl groups excluding tert-OH is 1. The zero-order valence-corrected chi connectivity index (χ0v) is 17.0. The average Bonchev–Trinajstić information content (AvgIpc) is 2.61. The van der Waals surface area contributed by atoms with Crippen LogP contribution in [-0.2, 0) is 4.74 Å². The molecule has 4 nitrogen and oxygen atoms in total. The molecule has 7 heteroatoms. The minimum atomic E-state index is -0.609. The van der Waals surface area contributed by atoms with E-state index in [-0.39, 0.29) is 37.2 Å². The lowest BCUT2D eigenvalue weighted by Gasteiger charge is -2.37. The zero-order valence-electron chi connectivity index (χ0n) is 15.4. The molecule has 2 rings (SSSR count). The molecule has 0 saturated carbocycles. The Kier molecular flexibility index (Phi) is 11.2. The Balaban J connectivity index is 0.00000312. The fourth-order valence-electron chi connectivity index (χ4n) is 2.72. The van der Waals surface area contributed by atoms with Crippen LogP contribution >= 0.6 is 24.8 Å². The average molecular weight is 407 g/mol. The van der Waals surface area contributed by atoms with E-state index < -0.39 is 11.7 Å². The Morgan fingerprint density at radius 2 is 1.81 bits per heavy atom. The molecule has 0 aliphatic carbocycles. The van der Waals surface area contributed by atoms with E-state index in [0.29, 0.717) is 13.0 Å². The Bertz CT molecular complexity index is 560. The van der Waals surface area contributed by atoms with Gasteiger partial charge >= 0.3 is 0 Å². The molecule has 1 aromatic rings. The van der Waals surface area contributed by atoms with Crippen LogP contribution < -0.4 is 4.90 Å². The lowest BCUT2D eigenvalue weighted by molar-refractivity contribution is -0.0473. The number of rotatable bonds is 7. The number of β-amino-alcohol motifs (C(OH)–C–C–N with tert-alkyl or cyclic N) is 1. The highest BCUT2D eigenvalue weighted by Crippen LogP contribution is 2.17. The molecule has 26 heavy (non-hydrogen) atoms. The van der Waals surface area contributed by atoms with Crippen LogP contribution in [-0.4, -0.2) is 61.0 Å². The minimum Gasteiger partial charge on any atom is -0.389 e. The fourth-order valence-corrected chi connectivity index (χ4v) is 2.72. The third-order valence-corrected chi connectivity index (χ3v) is 4.61. The third-order valence-electron chi connectivity index (χ3n) is 4.61. The van der Waals surface area contributed by atoms with Gasteiger partial charge in [-0.15, -0.1) is 31.2 Å². The van der Waals surface area contributed by atoms with Crippen molar-refractivity contribution in [1.82, 2.24) is 4.90 Å². The molecule has 0 radical (unpaired) electrons. The predicted octanol–water partition coefficient (Wildman–Crippen LogP) is 2.97. The van der Waals surface area contributed by atoms with Crippen LogP contribution in [0, 0.1) is 18.2 Å². The first-order valence-corrected chi connectivity index (χ1v) is 8.48. The van der Waals surface area contributed by atoms with Crippen LogP contribution in [0.1, 0.15) is 20.3 Å². The van der Waals surface area contributed by atoms with Gasteiger partial charge in [-0.1, -0.05) is 12.8 Å². The summed E-state index contributed by atoms with van der Waals surface area (Å²) in [6.45, 7) is 8.08. The first-order chi connectivity index (χ1) is 11.5. The number of nitrogens with zero attached hydrogens (tertiary/aromatic N) is 2. The number of hydrogen-bond acceptors (Lipinski definition) is 4. The molecule has 1 saturated heterocycles. The summed E-state index contributed by atoms with van der Waals surface area (Å²) in [5, 5.41) is 10.2. The van der Waals surface area contributed by atoms with Crippen molar-refractivity contribution in [3.63, 3.8) is 0 Å². The summed E-state index contributed by atoms with van der Waals surface area (Å²) in [4.78, 5) is 4.44. The number of benzene rings is 1. The predicted molar refractivity (Wildman–Crippen MR) is 109 cm³/mol. The number of ether oxygens (including phenoxy) is 1. The number of aliphatic hydroxyl groups is 1. The number of halogens is 3. The molecule has 2 atom stereocenters. The van der Waals surface area contributed by atoms with E-state index >= 15 is 0 Å². The Labute approximate surface area is 168 Å². The first kappa shape index (κ1) is 25.0.